The van der Waals surface area contributed by atoms with Gasteiger partial charge in [-0.15, -0.1) is 32.9 Å². The molecule has 12 nitrogen and oxygen atoms in total. The number of aromatic nitrogens is 6. The molecule has 0 aliphatic heterocycles. The molecule has 1 aliphatic rings. The quantitative estimate of drug-likeness (QED) is 0.271. The molecule has 0 bridgehead atoms. The Kier molecular flexibility index (Phi) is 9.32. The van der Waals surface area contributed by atoms with E-state index >= 15 is 0 Å². The Morgan fingerprint density at radius 1 is 0.738 bits per heavy atom. The molecular weight excluding hydrogens is 573 g/mol. The Hall–Kier alpha value is -4.04. The second-order valence-corrected chi connectivity index (χ2v) is 12.4. The highest BCUT2D eigenvalue weighted by atomic mass is 32.1. The second kappa shape index (κ2) is 13.3. The molecule has 4 aromatic heterocycles. The minimum atomic E-state index is -0.176. The Morgan fingerprint density at radius 2 is 1.19 bits per heavy atom. The molecule has 42 heavy (non-hydrogen) atoms. The Labute approximate surface area is 252 Å². The van der Waals surface area contributed by atoms with E-state index in [0.29, 0.717) is 11.6 Å². The van der Waals surface area contributed by atoms with Crippen molar-refractivity contribution in [2.75, 3.05) is 48.6 Å². The fourth-order valence-corrected chi connectivity index (χ4v) is 6.37. The third kappa shape index (κ3) is 7.62. The van der Waals surface area contributed by atoms with Crippen LogP contribution >= 0.6 is 22.7 Å². The molecule has 0 spiro atoms. The largest absolute Gasteiger partial charge is 0.354 e. The molecule has 0 aromatic carbocycles. The van der Waals surface area contributed by atoms with Crippen molar-refractivity contribution in [3.05, 3.63) is 57.8 Å². The van der Waals surface area contributed by atoms with Gasteiger partial charge in [0.05, 0.1) is 35.6 Å². The maximum absolute atomic E-state index is 12.5. The van der Waals surface area contributed by atoms with E-state index in [4.69, 9.17) is 0 Å². The number of rotatable bonds is 10. The normalized spacial score (nSPS) is 16.6. The van der Waals surface area contributed by atoms with Crippen LogP contribution in [0.5, 0.6) is 0 Å². The third-order valence-corrected chi connectivity index (χ3v) is 9.06. The number of thiazole rings is 2. The summed E-state index contributed by atoms with van der Waals surface area (Å²) in [7, 11) is 7.69. The van der Waals surface area contributed by atoms with Crippen molar-refractivity contribution in [2.24, 2.45) is 0 Å². The van der Waals surface area contributed by atoms with E-state index in [1.807, 2.05) is 60.9 Å². The van der Waals surface area contributed by atoms with E-state index in [1.165, 1.54) is 22.7 Å². The first-order valence-electron chi connectivity index (χ1n) is 13.7. The fourth-order valence-electron chi connectivity index (χ4n) is 4.85. The van der Waals surface area contributed by atoms with Crippen molar-refractivity contribution in [1.82, 2.24) is 30.4 Å². The first-order chi connectivity index (χ1) is 20.2. The average molecular weight is 607 g/mol. The Morgan fingerprint density at radius 3 is 1.55 bits per heavy atom. The van der Waals surface area contributed by atoms with Gasteiger partial charge >= 0.3 is 0 Å². The zero-order chi connectivity index (χ0) is 29.6. The van der Waals surface area contributed by atoms with Crippen LogP contribution in [0, 0.1) is 0 Å². The van der Waals surface area contributed by atoms with Crippen LogP contribution in [0.15, 0.2) is 35.0 Å². The number of anilines is 4. The summed E-state index contributed by atoms with van der Waals surface area (Å²) < 4.78 is 0. The second-order valence-electron chi connectivity index (χ2n) is 10.7. The summed E-state index contributed by atoms with van der Waals surface area (Å²) in [5, 5.41) is 28.5. The van der Waals surface area contributed by atoms with Gasteiger partial charge in [0.15, 0.2) is 21.9 Å². The topological polar surface area (TPSA) is 142 Å². The smallest absolute Gasteiger partial charge is 0.231 e. The number of amides is 2. The lowest BCUT2D eigenvalue weighted by molar-refractivity contribution is -0.116. The van der Waals surface area contributed by atoms with E-state index < -0.39 is 0 Å². The number of nitrogens with zero attached hydrogens (tertiary/aromatic N) is 8. The van der Waals surface area contributed by atoms with Crippen molar-refractivity contribution in [1.29, 1.82) is 0 Å². The first kappa shape index (κ1) is 29.5. The number of hydrogen-bond acceptors (Lipinski definition) is 12. The molecule has 0 unspecified atom stereocenters. The van der Waals surface area contributed by atoms with Gasteiger partial charge in [0.1, 0.15) is 0 Å². The summed E-state index contributed by atoms with van der Waals surface area (Å²) in [4.78, 5) is 37.7. The van der Waals surface area contributed by atoms with Crippen molar-refractivity contribution < 1.29 is 9.59 Å². The third-order valence-electron chi connectivity index (χ3n) is 6.94. The van der Waals surface area contributed by atoms with E-state index in [2.05, 4.69) is 41.0 Å². The van der Waals surface area contributed by atoms with E-state index in [1.54, 1.807) is 12.1 Å². The molecular formula is C28H34N10O2S2. The highest BCUT2D eigenvalue weighted by molar-refractivity contribution is 7.14. The molecule has 4 aromatic rings. The molecule has 2 atom stereocenters. The lowest BCUT2D eigenvalue weighted by Gasteiger charge is -2.28. The molecule has 14 heteroatoms. The van der Waals surface area contributed by atoms with Gasteiger partial charge in [0.25, 0.3) is 0 Å². The summed E-state index contributed by atoms with van der Waals surface area (Å²) in [6.07, 6.45) is 4.33. The number of nitrogens with one attached hydrogen (secondary N) is 2. The summed E-state index contributed by atoms with van der Waals surface area (Å²) in [5.74, 6) is 0.986. The van der Waals surface area contributed by atoms with Crippen LogP contribution in [0.1, 0.15) is 60.3 Å². The molecule has 220 valence electrons. The van der Waals surface area contributed by atoms with Gasteiger partial charge in [0.2, 0.25) is 11.8 Å². The molecule has 4 heterocycles. The van der Waals surface area contributed by atoms with Crippen LogP contribution in [0.3, 0.4) is 0 Å². The average Bonchev–Trinajstić information content (AvgIpc) is 3.64. The SMILES string of the molecule is CN(C)c1nc(CC(=O)Nc2ccc([C@H]3CCC[C@H](c4ccc(NC(=O)Cc5csc(N(C)C)n5)nn4)C3)nn2)cs1. The van der Waals surface area contributed by atoms with Gasteiger partial charge in [-0.1, -0.05) is 6.42 Å². The Balaban J connectivity index is 1.12. The Bertz CT molecular complexity index is 1390. The number of carbonyl (C=O) groups excluding carboxylic acids is 2. The first-order valence-corrected chi connectivity index (χ1v) is 15.5. The molecule has 0 radical (unpaired) electrons. The monoisotopic (exact) mass is 606 g/mol. The molecule has 1 saturated carbocycles. The van der Waals surface area contributed by atoms with Gasteiger partial charge in [-0.05, 0) is 43.5 Å². The van der Waals surface area contributed by atoms with Crippen molar-refractivity contribution in [3.63, 3.8) is 0 Å². The highest BCUT2D eigenvalue weighted by Crippen LogP contribution is 2.40. The highest BCUT2D eigenvalue weighted by Gasteiger charge is 2.27. The van der Waals surface area contributed by atoms with E-state index in [-0.39, 0.29) is 36.5 Å². The van der Waals surface area contributed by atoms with Crippen molar-refractivity contribution >= 4 is 56.4 Å². The maximum Gasteiger partial charge on any atom is 0.231 e. The molecule has 2 N–H and O–H groups in total. The van der Waals surface area contributed by atoms with Gasteiger partial charge in [-0.25, -0.2) is 9.97 Å². The lowest BCUT2D eigenvalue weighted by atomic mass is 9.78. The molecule has 1 fully saturated rings. The molecule has 2 amide bonds. The minimum Gasteiger partial charge on any atom is -0.354 e. The van der Waals surface area contributed by atoms with Crippen LogP contribution in [0.2, 0.25) is 0 Å². The molecule has 1 aliphatic carbocycles. The molecule has 0 saturated heterocycles. The maximum atomic E-state index is 12.5. The van der Waals surface area contributed by atoms with Gasteiger partial charge in [0, 0.05) is 50.8 Å². The molecule has 5 rings (SSSR count). The van der Waals surface area contributed by atoms with Crippen LogP contribution in [-0.4, -0.2) is 70.4 Å². The predicted molar refractivity (Wildman–Crippen MR) is 166 cm³/mol. The summed E-state index contributed by atoms with van der Waals surface area (Å²) in [5.41, 5.74) is 3.27. The van der Waals surface area contributed by atoms with Crippen LogP contribution in [0.4, 0.5) is 21.9 Å². The van der Waals surface area contributed by atoms with Crippen LogP contribution < -0.4 is 20.4 Å². The van der Waals surface area contributed by atoms with E-state index in [0.717, 1.165) is 58.7 Å². The van der Waals surface area contributed by atoms with Gasteiger partial charge in [-0.2, -0.15) is 10.2 Å². The standard InChI is InChI=1S/C28H34N10O2S2/c1-37(2)27-29-19(15-41-27)13-25(39)31-23-10-8-21(33-35-23)17-6-5-7-18(12-17)22-9-11-24(36-34-22)32-26(40)14-20-16-42-28(30-20)38(3)4/h8-11,15-18H,5-7,12-14H2,1-4H3,(H,31,35,39)(H,32,36,40)/t17-,18-/m0/s1. The number of carbonyl (C=O) groups is 2. The minimum absolute atomic E-state index is 0.176. The lowest BCUT2D eigenvalue weighted by Crippen LogP contribution is -2.19. The summed E-state index contributed by atoms with van der Waals surface area (Å²) >= 11 is 3.01. The van der Waals surface area contributed by atoms with Gasteiger partial charge < -0.3 is 20.4 Å². The van der Waals surface area contributed by atoms with E-state index in [9.17, 15) is 9.59 Å². The van der Waals surface area contributed by atoms with Crippen LogP contribution in [-0.2, 0) is 22.4 Å². The zero-order valence-electron chi connectivity index (χ0n) is 24.1. The van der Waals surface area contributed by atoms with Crippen LogP contribution in [0.25, 0.3) is 0 Å². The zero-order valence-corrected chi connectivity index (χ0v) is 25.7. The summed E-state index contributed by atoms with van der Waals surface area (Å²) in [6.45, 7) is 0. The number of hydrogen-bond donors (Lipinski definition) is 2. The van der Waals surface area contributed by atoms with Crippen molar-refractivity contribution in [2.45, 2.75) is 50.4 Å². The summed E-state index contributed by atoms with van der Waals surface area (Å²) in [6, 6.07) is 7.49. The van der Waals surface area contributed by atoms with Crippen molar-refractivity contribution in [3.8, 4) is 0 Å². The fraction of sp³-hybridized carbons (Fsp3) is 0.429. The van der Waals surface area contributed by atoms with Gasteiger partial charge in [-0.3, -0.25) is 9.59 Å². The predicted octanol–water partition coefficient (Wildman–Crippen LogP) is 4.12.